The van der Waals surface area contributed by atoms with Crippen molar-refractivity contribution in [2.75, 3.05) is 0 Å². The molecule has 2 heterocycles. The third-order valence-corrected chi connectivity index (χ3v) is 2.74. The van der Waals surface area contributed by atoms with Gasteiger partial charge < -0.3 is 9.88 Å². The second kappa shape index (κ2) is 2.70. The zero-order chi connectivity index (χ0) is 10.5. The van der Waals surface area contributed by atoms with Crippen LogP contribution in [0.25, 0.3) is 0 Å². The van der Waals surface area contributed by atoms with Crippen LogP contribution in [-0.4, -0.2) is 16.3 Å². The highest BCUT2D eigenvalue weighted by Crippen LogP contribution is 2.25. The highest BCUT2D eigenvalue weighted by molar-refractivity contribution is 6.04. The van der Waals surface area contributed by atoms with Gasteiger partial charge >= 0.3 is 0 Å². The van der Waals surface area contributed by atoms with Gasteiger partial charge in [0.15, 0.2) is 5.78 Å². The van der Waals surface area contributed by atoms with Crippen molar-refractivity contribution in [1.29, 1.82) is 0 Å². The molecule has 0 aromatic carbocycles. The number of ketones is 1. The fraction of sp³-hybridized carbons (Fsp3) is 0.400. The maximum absolute atomic E-state index is 11.4. The molecule has 4 nitrogen and oxygen atoms in total. The lowest BCUT2D eigenvalue weighted by Gasteiger charge is -2.03. The van der Waals surface area contributed by atoms with Crippen LogP contribution in [0.15, 0.2) is 0 Å². The van der Waals surface area contributed by atoms with Crippen molar-refractivity contribution >= 4 is 11.7 Å². The number of aromatic nitrogens is 1. The van der Waals surface area contributed by atoms with Gasteiger partial charge in [-0.15, -0.1) is 0 Å². The summed E-state index contributed by atoms with van der Waals surface area (Å²) in [6.45, 7) is 3.87. The molecule has 4 heteroatoms. The molecule has 2 rings (SSSR count). The Hall–Kier alpha value is -1.58. The van der Waals surface area contributed by atoms with Gasteiger partial charge in [-0.05, 0) is 12.5 Å². The van der Waals surface area contributed by atoms with Crippen LogP contribution in [0.2, 0.25) is 0 Å². The zero-order valence-corrected chi connectivity index (χ0v) is 8.47. The summed E-state index contributed by atoms with van der Waals surface area (Å²) < 4.78 is 1.81. The van der Waals surface area contributed by atoms with E-state index in [4.69, 9.17) is 0 Å². The molecule has 0 spiro atoms. The Kier molecular flexibility index (Phi) is 1.74. The number of fused-ring (bicyclic) bond motifs is 1. The molecule has 0 unspecified atom stereocenters. The number of rotatable bonds is 1. The average molecular weight is 192 g/mol. The highest BCUT2D eigenvalue weighted by atomic mass is 16.2. The maximum atomic E-state index is 11.4. The molecule has 1 aromatic heterocycles. The van der Waals surface area contributed by atoms with Crippen LogP contribution < -0.4 is 5.32 Å². The van der Waals surface area contributed by atoms with Crippen LogP contribution in [0, 0.1) is 6.92 Å². The highest BCUT2D eigenvalue weighted by Gasteiger charge is 2.29. The first-order valence-electron chi connectivity index (χ1n) is 4.51. The summed E-state index contributed by atoms with van der Waals surface area (Å²) in [6, 6.07) is 0. The fourth-order valence-electron chi connectivity index (χ4n) is 2.15. The summed E-state index contributed by atoms with van der Waals surface area (Å²) in [4.78, 5) is 22.8. The Morgan fingerprint density at radius 3 is 2.64 bits per heavy atom. The Morgan fingerprint density at radius 2 is 2.14 bits per heavy atom. The molecular weight excluding hydrogens is 180 g/mol. The molecule has 0 bridgehead atoms. The van der Waals surface area contributed by atoms with Gasteiger partial charge in [-0.2, -0.15) is 0 Å². The van der Waals surface area contributed by atoms with E-state index in [0.717, 1.165) is 11.3 Å². The Balaban J connectivity index is 2.74. The van der Waals surface area contributed by atoms with Crippen molar-refractivity contribution in [2.24, 2.45) is 7.05 Å². The van der Waals surface area contributed by atoms with Crippen molar-refractivity contribution in [2.45, 2.75) is 20.4 Å². The normalized spacial score (nSPS) is 14.1. The van der Waals surface area contributed by atoms with Gasteiger partial charge in [-0.3, -0.25) is 9.59 Å². The lowest BCUT2D eigenvalue weighted by molar-refractivity contribution is 0.0965. The summed E-state index contributed by atoms with van der Waals surface area (Å²) in [7, 11) is 1.82. The minimum absolute atomic E-state index is 0.00667. The second-order valence-corrected chi connectivity index (χ2v) is 3.59. The van der Waals surface area contributed by atoms with Gasteiger partial charge in [-0.25, -0.2) is 0 Å². The van der Waals surface area contributed by atoms with E-state index < -0.39 is 0 Å². The molecule has 0 aliphatic carbocycles. The summed E-state index contributed by atoms with van der Waals surface area (Å²) in [5.41, 5.74) is 3.03. The number of nitrogens with one attached hydrogen (secondary N) is 1. The molecule has 1 aliphatic heterocycles. The van der Waals surface area contributed by atoms with Gasteiger partial charge in [0.25, 0.3) is 5.91 Å². The van der Waals surface area contributed by atoms with Gasteiger partial charge in [0.05, 0.1) is 23.5 Å². The molecule has 0 fully saturated rings. The largest absolute Gasteiger partial charge is 0.346 e. The summed E-state index contributed by atoms with van der Waals surface area (Å²) in [6.07, 6.45) is 0. The van der Waals surface area contributed by atoms with Crippen LogP contribution in [0.1, 0.15) is 39.0 Å². The van der Waals surface area contributed by atoms with Crippen LogP contribution in [0.5, 0.6) is 0 Å². The van der Waals surface area contributed by atoms with Gasteiger partial charge in [-0.1, -0.05) is 0 Å². The van der Waals surface area contributed by atoms with Gasteiger partial charge in [0.2, 0.25) is 0 Å². The fourth-order valence-corrected chi connectivity index (χ4v) is 2.15. The second-order valence-electron chi connectivity index (χ2n) is 3.59. The number of Topliss-reactive ketones (excluding diaryl/α,β-unsaturated/α-hetero) is 1. The van der Waals surface area contributed by atoms with Crippen LogP contribution in [0.3, 0.4) is 0 Å². The van der Waals surface area contributed by atoms with Gasteiger partial charge in [0, 0.05) is 14.0 Å². The molecule has 0 atom stereocenters. The standard InChI is InChI=1S/C10H12N2O2/c1-5-8-7(4-11-10(8)14)12(3)9(5)6(2)13/h4H2,1-3H3,(H,11,14). The summed E-state index contributed by atoms with van der Waals surface area (Å²) in [5, 5.41) is 2.74. The molecule has 1 amide bonds. The third kappa shape index (κ3) is 0.937. The Labute approximate surface area is 81.9 Å². The van der Waals surface area contributed by atoms with E-state index in [1.54, 1.807) is 0 Å². The van der Waals surface area contributed by atoms with Crippen LogP contribution >= 0.6 is 0 Å². The minimum Gasteiger partial charge on any atom is -0.346 e. The van der Waals surface area contributed by atoms with E-state index in [-0.39, 0.29) is 11.7 Å². The number of carbonyl (C=O) groups excluding carboxylic acids is 2. The van der Waals surface area contributed by atoms with E-state index in [1.165, 1.54) is 6.92 Å². The molecule has 1 aliphatic rings. The number of carbonyl (C=O) groups is 2. The molecular formula is C10H12N2O2. The van der Waals surface area contributed by atoms with Crippen LogP contribution in [-0.2, 0) is 13.6 Å². The SMILES string of the molecule is CC(=O)c1c(C)c2c(n1C)CNC2=O. The number of nitrogens with zero attached hydrogens (tertiary/aromatic N) is 1. The molecule has 1 aromatic rings. The average Bonchev–Trinajstić information content (AvgIpc) is 2.55. The minimum atomic E-state index is -0.0689. The first-order chi connectivity index (χ1) is 6.54. The number of amides is 1. The van der Waals surface area contributed by atoms with Crippen molar-refractivity contribution in [3.8, 4) is 0 Å². The molecule has 74 valence electrons. The predicted octanol–water partition coefficient (Wildman–Crippen LogP) is 0.780. The van der Waals surface area contributed by atoms with E-state index in [9.17, 15) is 9.59 Å². The monoisotopic (exact) mass is 192 g/mol. The molecule has 0 saturated heterocycles. The Bertz CT molecular complexity index is 440. The smallest absolute Gasteiger partial charge is 0.253 e. The number of hydrogen-bond donors (Lipinski definition) is 1. The first kappa shape index (κ1) is 8.99. The van der Waals surface area contributed by atoms with Crippen LogP contribution in [0.4, 0.5) is 0 Å². The molecule has 1 N–H and O–H groups in total. The van der Waals surface area contributed by atoms with Crippen molar-refractivity contribution in [3.05, 3.63) is 22.5 Å². The Morgan fingerprint density at radius 1 is 1.50 bits per heavy atom. The number of hydrogen-bond acceptors (Lipinski definition) is 2. The maximum Gasteiger partial charge on any atom is 0.253 e. The van der Waals surface area contributed by atoms with E-state index >= 15 is 0 Å². The van der Waals surface area contributed by atoms with Crippen molar-refractivity contribution in [3.63, 3.8) is 0 Å². The third-order valence-electron chi connectivity index (χ3n) is 2.74. The predicted molar refractivity (Wildman–Crippen MR) is 51.3 cm³/mol. The summed E-state index contributed by atoms with van der Waals surface area (Å²) in [5.74, 6) is -0.0622. The van der Waals surface area contributed by atoms with Gasteiger partial charge in [0.1, 0.15) is 0 Å². The quantitative estimate of drug-likeness (QED) is 0.668. The summed E-state index contributed by atoms with van der Waals surface area (Å²) >= 11 is 0. The first-order valence-corrected chi connectivity index (χ1v) is 4.51. The molecule has 0 radical (unpaired) electrons. The lowest BCUT2D eigenvalue weighted by atomic mass is 10.1. The van der Waals surface area contributed by atoms with E-state index in [2.05, 4.69) is 5.32 Å². The van der Waals surface area contributed by atoms with E-state index in [0.29, 0.717) is 17.8 Å². The van der Waals surface area contributed by atoms with E-state index in [1.807, 2.05) is 18.5 Å². The topological polar surface area (TPSA) is 51.1 Å². The van der Waals surface area contributed by atoms with Crippen molar-refractivity contribution < 1.29 is 9.59 Å². The molecule has 14 heavy (non-hydrogen) atoms. The van der Waals surface area contributed by atoms with Crippen molar-refractivity contribution in [1.82, 2.24) is 9.88 Å². The lowest BCUT2D eigenvalue weighted by Crippen LogP contribution is -2.16. The molecule has 0 saturated carbocycles. The zero-order valence-electron chi connectivity index (χ0n) is 8.47.